The third-order valence-corrected chi connectivity index (χ3v) is 2.29. The van der Waals surface area contributed by atoms with Gasteiger partial charge in [0, 0.05) is 18.5 Å². The summed E-state index contributed by atoms with van der Waals surface area (Å²) in [7, 11) is 0. The molecule has 98 valence electrons. The van der Waals surface area contributed by atoms with Crippen molar-refractivity contribution in [3.8, 4) is 0 Å². The van der Waals surface area contributed by atoms with E-state index in [9.17, 15) is 18.4 Å². The SMILES string of the molecule is O=C(O)CCC(=O)NCc1ccc(C(F)F)cc1. The first-order valence-electron chi connectivity index (χ1n) is 5.34. The molecule has 0 aliphatic heterocycles. The predicted molar refractivity (Wildman–Crippen MR) is 60.1 cm³/mol. The van der Waals surface area contributed by atoms with Gasteiger partial charge in [0.25, 0.3) is 6.43 Å². The van der Waals surface area contributed by atoms with Crippen LogP contribution in [0.25, 0.3) is 0 Å². The first kappa shape index (κ1) is 14.1. The van der Waals surface area contributed by atoms with Gasteiger partial charge in [-0.1, -0.05) is 24.3 Å². The number of amides is 1. The molecular formula is C12H13F2NO3. The van der Waals surface area contributed by atoms with E-state index in [1.54, 1.807) is 0 Å². The zero-order valence-electron chi connectivity index (χ0n) is 9.53. The molecule has 0 aromatic heterocycles. The van der Waals surface area contributed by atoms with Crippen LogP contribution >= 0.6 is 0 Å². The van der Waals surface area contributed by atoms with Gasteiger partial charge in [0.2, 0.25) is 5.91 Å². The molecule has 0 atom stereocenters. The lowest BCUT2D eigenvalue weighted by molar-refractivity contribution is -0.138. The molecule has 0 aliphatic carbocycles. The van der Waals surface area contributed by atoms with Crippen LogP contribution in [0.15, 0.2) is 24.3 Å². The number of alkyl halides is 2. The summed E-state index contributed by atoms with van der Waals surface area (Å²) >= 11 is 0. The lowest BCUT2D eigenvalue weighted by Crippen LogP contribution is -2.23. The van der Waals surface area contributed by atoms with E-state index in [2.05, 4.69) is 5.32 Å². The molecule has 0 spiro atoms. The van der Waals surface area contributed by atoms with Crippen molar-refractivity contribution in [2.45, 2.75) is 25.8 Å². The molecule has 4 nitrogen and oxygen atoms in total. The van der Waals surface area contributed by atoms with E-state index in [0.717, 1.165) is 0 Å². The van der Waals surface area contributed by atoms with Crippen molar-refractivity contribution >= 4 is 11.9 Å². The highest BCUT2D eigenvalue weighted by atomic mass is 19.3. The van der Waals surface area contributed by atoms with Crippen molar-refractivity contribution in [1.29, 1.82) is 0 Å². The van der Waals surface area contributed by atoms with E-state index in [0.29, 0.717) is 5.56 Å². The molecule has 0 saturated heterocycles. The van der Waals surface area contributed by atoms with Gasteiger partial charge in [-0.15, -0.1) is 0 Å². The highest BCUT2D eigenvalue weighted by Crippen LogP contribution is 2.18. The smallest absolute Gasteiger partial charge is 0.303 e. The number of halogens is 2. The number of hydrogen-bond acceptors (Lipinski definition) is 2. The van der Waals surface area contributed by atoms with Gasteiger partial charge in [0.15, 0.2) is 0 Å². The first-order chi connectivity index (χ1) is 8.49. The van der Waals surface area contributed by atoms with Gasteiger partial charge in [-0.3, -0.25) is 9.59 Å². The monoisotopic (exact) mass is 257 g/mol. The molecule has 1 rings (SSSR count). The van der Waals surface area contributed by atoms with Crippen molar-refractivity contribution in [2.75, 3.05) is 0 Å². The molecule has 6 heteroatoms. The maximum atomic E-state index is 12.3. The summed E-state index contributed by atoms with van der Waals surface area (Å²) in [5.74, 6) is -1.42. The van der Waals surface area contributed by atoms with Gasteiger partial charge in [-0.25, -0.2) is 8.78 Å². The van der Waals surface area contributed by atoms with Gasteiger partial charge in [-0.05, 0) is 5.56 Å². The Balaban J connectivity index is 2.39. The van der Waals surface area contributed by atoms with E-state index in [-0.39, 0.29) is 30.9 Å². The Hall–Kier alpha value is -1.98. The summed E-state index contributed by atoms with van der Waals surface area (Å²) in [5, 5.41) is 10.9. The maximum absolute atomic E-state index is 12.3. The fraction of sp³-hybridized carbons (Fsp3) is 0.333. The lowest BCUT2D eigenvalue weighted by atomic mass is 10.1. The molecule has 1 aromatic rings. The van der Waals surface area contributed by atoms with Crippen LogP contribution in [-0.2, 0) is 16.1 Å². The zero-order chi connectivity index (χ0) is 13.5. The quantitative estimate of drug-likeness (QED) is 0.820. The largest absolute Gasteiger partial charge is 0.481 e. The summed E-state index contributed by atoms with van der Waals surface area (Å²) in [5.41, 5.74) is 0.610. The van der Waals surface area contributed by atoms with E-state index in [1.165, 1.54) is 24.3 Å². The molecule has 1 amide bonds. The fourth-order valence-corrected chi connectivity index (χ4v) is 1.29. The number of aliphatic carboxylic acids is 1. The van der Waals surface area contributed by atoms with Crippen LogP contribution in [0.2, 0.25) is 0 Å². The highest BCUT2D eigenvalue weighted by molar-refractivity contribution is 5.80. The summed E-state index contributed by atoms with van der Waals surface area (Å²) in [6.07, 6.45) is -2.83. The summed E-state index contributed by atoms with van der Waals surface area (Å²) in [4.78, 5) is 21.4. The summed E-state index contributed by atoms with van der Waals surface area (Å²) in [6.45, 7) is 0.196. The Morgan fingerprint density at radius 3 is 2.28 bits per heavy atom. The van der Waals surface area contributed by atoms with Crippen molar-refractivity contribution in [3.63, 3.8) is 0 Å². The van der Waals surface area contributed by atoms with Crippen LogP contribution in [0.5, 0.6) is 0 Å². The minimum atomic E-state index is -2.51. The van der Waals surface area contributed by atoms with Gasteiger partial charge in [-0.2, -0.15) is 0 Å². The van der Waals surface area contributed by atoms with Crippen LogP contribution in [-0.4, -0.2) is 17.0 Å². The van der Waals surface area contributed by atoms with Crippen molar-refractivity contribution < 1.29 is 23.5 Å². The number of benzene rings is 1. The average molecular weight is 257 g/mol. The van der Waals surface area contributed by atoms with E-state index >= 15 is 0 Å². The summed E-state index contributed by atoms with van der Waals surface area (Å²) in [6, 6.07) is 5.59. The van der Waals surface area contributed by atoms with Crippen molar-refractivity contribution in [3.05, 3.63) is 35.4 Å². The number of carboxylic acids is 1. The van der Waals surface area contributed by atoms with Crippen LogP contribution in [0.3, 0.4) is 0 Å². The lowest BCUT2D eigenvalue weighted by Gasteiger charge is -2.05. The number of rotatable bonds is 6. The van der Waals surface area contributed by atoms with E-state index in [1.807, 2.05) is 0 Å². The molecule has 0 unspecified atom stereocenters. The second-order valence-corrected chi connectivity index (χ2v) is 3.71. The third kappa shape index (κ3) is 4.90. The minimum Gasteiger partial charge on any atom is -0.481 e. The Morgan fingerprint density at radius 1 is 1.17 bits per heavy atom. The molecule has 0 heterocycles. The standard InChI is InChI=1S/C12H13F2NO3/c13-12(14)9-3-1-8(2-4-9)7-15-10(16)5-6-11(17)18/h1-4,12H,5-7H2,(H,15,16)(H,17,18). The molecule has 0 radical (unpaired) electrons. The third-order valence-electron chi connectivity index (χ3n) is 2.29. The van der Waals surface area contributed by atoms with Gasteiger partial charge < -0.3 is 10.4 Å². The number of nitrogens with one attached hydrogen (secondary N) is 1. The Kier molecular flexibility index (Phi) is 5.23. The minimum absolute atomic E-state index is 0.0732. The number of hydrogen-bond donors (Lipinski definition) is 2. The molecule has 0 bridgehead atoms. The molecule has 1 aromatic carbocycles. The van der Waals surface area contributed by atoms with Crippen LogP contribution in [0, 0.1) is 0 Å². The molecule has 18 heavy (non-hydrogen) atoms. The van der Waals surface area contributed by atoms with E-state index < -0.39 is 12.4 Å². The number of carboxylic acid groups (broad SMARTS) is 1. The molecule has 0 saturated carbocycles. The number of carbonyl (C=O) groups excluding carboxylic acids is 1. The average Bonchev–Trinajstić information content (AvgIpc) is 2.34. The topological polar surface area (TPSA) is 66.4 Å². The zero-order valence-corrected chi connectivity index (χ0v) is 9.53. The number of carbonyl (C=O) groups is 2. The Labute approximate surface area is 103 Å². The van der Waals surface area contributed by atoms with Gasteiger partial charge in [0.1, 0.15) is 0 Å². The van der Waals surface area contributed by atoms with Crippen LogP contribution in [0.1, 0.15) is 30.4 Å². The Morgan fingerprint density at radius 2 is 1.78 bits per heavy atom. The highest BCUT2D eigenvalue weighted by Gasteiger charge is 2.07. The van der Waals surface area contributed by atoms with Crippen molar-refractivity contribution in [2.24, 2.45) is 0 Å². The molecule has 2 N–H and O–H groups in total. The second-order valence-electron chi connectivity index (χ2n) is 3.71. The van der Waals surface area contributed by atoms with Gasteiger partial charge in [0.05, 0.1) is 6.42 Å². The Bertz CT molecular complexity index is 418. The van der Waals surface area contributed by atoms with Crippen LogP contribution < -0.4 is 5.32 Å². The first-order valence-corrected chi connectivity index (χ1v) is 5.34. The maximum Gasteiger partial charge on any atom is 0.303 e. The predicted octanol–water partition coefficient (Wildman–Crippen LogP) is 2.11. The van der Waals surface area contributed by atoms with Crippen LogP contribution in [0.4, 0.5) is 8.78 Å². The molecular weight excluding hydrogens is 244 g/mol. The van der Waals surface area contributed by atoms with Crippen molar-refractivity contribution in [1.82, 2.24) is 5.32 Å². The summed E-state index contributed by atoms with van der Waals surface area (Å²) < 4.78 is 24.5. The second kappa shape index (κ2) is 6.68. The fourth-order valence-electron chi connectivity index (χ4n) is 1.29. The normalized spacial score (nSPS) is 10.4. The molecule has 0 fully saturated rings. The molecule has 0 aliphatic rings. The van der Waals surface area contributed by atoms with E-state index in [4.69, 9.17) is 5.11 Å². The van der Waals surface area contributed by atoms with Gasteiger partial charge >= 0.3 is 5.97 Å².